The molecule has 0 amide bonds. The van der Waals surface area contributed by atoms with Crippen LogP contribution in [0.3, 0.4) is 0 Å². The van der Waals surface area contributed by atoms with Crippen molar-refractivity contribution in [2.75, 3.05) is 13.9 Å². The zero-order valence-electron chi connectivity index (χ0n) is 7.62. The number of benzene rings is 1. The summed E-state index contributed by atoms with van der Waals surface area (Å²) in [4.78, 5) is 0. The fourth-order valence-electron chi connectivity index (χ4n) is 0.940. The van der Waals surface area contributed by atoms with Crippen LogP contribution < -0.4 is 0 Å². The van der Waals surface area contributed by atoms with E-state index in [-0.39, 0.29) is 0 Å². The molecule has 0 bridgehead atoms. The first kappa shape index (κ1) is 9.79. The molecule has 0 fully saturated rings. The van der Waals surface area contributed by atoms with Crippen molar-refractivity contribution in [1.29, 1.82) is 0 Å². The van der Waals surface area contributed by atoms with E-state index < -0.39 is 0 Å². The lowest BCUT2D eigenvalue weighted by atomic mass is 10.1. The average Bonchev–Trinajstić information content (AvgIpc) is 2.19. The maximum absolute atomic E-state index is 5.22. The zero-order valence-corrected chi connectivity index (χ0v) is 7.62. The van der Waals surface area contributed by atoms with E-state index in [9.17, 15) is 0 Å². The highest BCUT2D eigenvalue weighted by molar-refractivity contribution is 5.33. The molecular weight excluding hydrogens is 164 g/mol. The number of hydrogen-bond acceptors (Lipinski definition) is 2. The van der Waals surface area contributed by atoms with Gasteiger partial charge in [-0.25, -0.2) is 0 Å². The van der Waals surface area contributed by atoms with Gasteiger partial charge in [0.25, 0.3) is 0 Å². The first-order valence-corrected chi connectivity index (χ1v) is 3.99. The van der Waals surface area contributed by atoms with Gasteiger partial charge in [0, 0.05) is 12.7 Å². The van der Waals surface area contributed by atoms with E-state index >= 15 is 0 Å². The van der Waals surface area contributed by atoms with Gasteiger partial charge in [0.15, 0.2) is 0 Å². The number of hydrogen-bond donors (Lipinski definition) is 0. The summed E-state index contributed by atoms with van der Waals surface area (Å²) in [6.45, 7) is 0.871. The molecule has 0 aliphatic rings. The van der Waals surface area contributed by atoms with Crippen LogP contribution in [0.2, 0.25) is 0 Å². The molecule has 13 heavy (non-hydrogen) atoms. The predicted molar refractivity (Wildman–Crippen MR) is 51.0 cm³/mol. The first-order chi connectivity index (χ1) is 6.36. The fraction of sp³-hybridized carbons (Fsp3) is 0.273. The summed E-state index contributed by atoms with van der Waals surface area (Å²) in [6.07, 6.45) is 5.22. The molecule has 2 nitrogen and oxygen atoms in total. The minimum absolute atomic E-state index is 0.316. The minimum atomic E-state index is 0.316. The van der Waals surface area contributed by atoms with Gasteiger partial charge in [0.2, 0.25) is 0 Å². The first-order valence-electron chi connectivity index (χ1n) is 3.99. The van der Waals surface area contributed by atoms with Crippen molar-refractivity contribution in [2.45, 2.75) is 6.61 Å². The van der Waals surface area contributed by atoms with Crippen molar-refractivity contribution in [1.82, 2.24) is 0 Å². The quantitative estimate of drug-likeness (QED) is 0.395. The van der Waals surface area contributed by atoms with Crippen LogP contribution in [0.15, 0.2) is 24.3 Å². The molecule has 0 spiro atoms. The third-order valence-corrected chi connectivity index (χ3v) is 1.59. The minimum Gasteiger partial charge on any atom is -0.359 e. The van der Waals surface area contributed by atoms with Gasteiger partial charge in [0.1, 0.15) is 6.79 Å². The summed E-state index contributed by atoms with van der Waals surface area (Å²) in [6, 6.07) is 7.69. The van der Waals surface area contributed by atoms with E-state index in [1.165, 1.54) is 0 Å². The Morgan fingerprint density at radius 2 is 2.00 bits per heavy atom. The van der Waals surface area contributed by atoms with Gasteiger partial charge >= 0.3 is 0 Å². The second kappa shape index (κ2) is 5.36. The summed E-state index contributed by atoms with van der Waals surface area (Å²) >= 11 is 0. The highest BCUT2D eigenvalue weighted by Gasteiger charge is 1.92. The molecule has 0 aliphatic heterocycles. The van der Waals surface area contributed by atoms with Gasteiger partial charge in [-0.1, -0.05) is 18.1 Å². The third-order valence-electron chi connectivity index (χ3n) is 1.59. The van der Waals surface area contributed by atoms with E-state index in [0.717, 1.165) is 11.1 Å². The number of rotatable bonds is 4. The second-order valence-electron chi connectivity index (χ2n) is 2.60. The summed E-state index contributed by atoms with van der Waals surface area (Å²) < 4.78 is 9.92. The van der Waals surface area contributed by atoms with Gasteiger partial charge in [-0.15, -0.1) is 6.42 Å². The normalized spacial score (nSPS) is 9.54. The molecule has 68 valence electrons. The van der Waals surface area contributed by atoms with Crippen molar-refractivity contribution in [3.05, 3.63) is 35.4 Å². The molecule has 0 radical (unpaired) electrons. The van der Waals surface area contributed by atoms with Crippen molar-refractivity contribution >= 4 is 0 Å². The summed E-state index contributed by atoms with van der Waals surface area (Å²) in [7, 11) is 1.60. The predicted octanol–water partition coefficient (Wildman–Crippen LogP) is 1.79. The van der Waals surface area contributed by atoms with Crippen molar-refractivity contribution in [3.63, 3.8) is 0 Å². The van der Waals surface area contributed by atoms with Gasteiger partial charge < -0.3 is 9.47 Å². The van der Waals surface area contributed by atoms with Crippen molar-refractivity contribution in [2.24, 2.45) is 0 Å². The highest BCUT2D eigenvalue weighted by atomic mass is 16.7. The van der Waals surface area contributed by atoms with Gasteiger partial charge in [-0.2, -0.15) is 0 Å². The molecule has 0 unspecified atom stereocenters. The molecule has 1 aromatic carbocycles. The smallest absolute Gasteiger partial charge is 0.146 e. The molecule has 0 N–H and O–H groups in total. The van der Waals surface area contributed by atoms with Crippen LogP contribution in [0.25, 0.3) is 0 Å². The van der Waals surface area contributed by atoms with Crippen LogP contribution in [0.4, 0.5) is 0 Å². The third kappa shape index (κ3) is 3.29. The lowest BCUT2D eigenvalue weighted by Crippen LogP contribution is -1.96. The molecule has 0 aliphatic carbocycles. The highest BCUT2D eigenvalue weighted by Crippen LogP contribution is 2.04. The van der Waals surface area contributed by atoms with Gasteiger partial charge in [-0.05, 0) is 17.7 Å². The Morgan fingerprint density at radius 1 is 1.31 bits per heavy atom. The molecule has 1 rings (SSSR count). The maximum Gasteiger partial charge on any atom is 0.146 e. The Kier molecular flexibility index (Phi) is 4.04. The summed E-state index contributed by atoms with van der Waals surface area (Å²) in [5.74, 6) is 2.56. The van der Waals surface area contributed by atoms with E-state index in [4.69, 9.17) is 15.9 Å². The molecule has 0 heterocycles. The molecule has 2 heteroatoms. The monoisotopic (exact) mass is 176 g/mol. The average molecular weight is 176 g/mol. The molecule has 0 atom stereocenters. The van der Waals surface area contributed by atoms with E-state index in [1.54, 1.807) is 7.11 Å². The lowest BCUT2D eigenvalue weighted by Gasteiger charge is -2.02. The van der Waals surface area contributed by atoms with Crippen LogP contribution in [0.1, 0.15) is 11.1 Å². The van der Waals surface area contributed by atoms with Crippen molar-refractivity contribution < 1.29 is 9.47 Å². The van der Waals surface area contributed by atoms with Gasteiger partial charge in [0.05, 0.1) is 6.61 Å². The Labute approximate surface area is 78.5 Å². The fourth-order valence-corrected chi connectivity index (χ4v) is 0.940. The summed E-state index contributed by atoms with van der Waals surface area (Å²) in [5, 5.41) is 0. The van der Waals surface area contributed by atoms with Crippen molar-refractivity contribution in [3.8, 4) is 12.3 Å². The Bertz CT molecular complexity index is 282. The van der Waals surface area contributed by atoms with Crippen LogP contribution in [-0.2, 0) is 16.1 Å². The van der Waals surface area contributed by atoms with Crippen LogP contribution >= 0.6 is 0 Å². The number of ether oxygens (including phenoxy) is 2. The lowest BCUT2D eigenvalue weighted by molar-refractivity contribution is -0.0390. The Hall–Kier alpha value is -1.30. The molecule has 0 saturated heterocycles. The zero-order chi connectivity index (χ0) is 9.52. The van der Waals surface area contributed by atoms with E-state index in [1.807, 2.05) is 24.3 Å². The molecule has 0 aromatic heterocycles. The second-order valence-corrected chi connectivity index (χ2v) is 2.60. The van der Waals surface area contributed by atoms with E-state index in [2.05, 4.69) is 5.92 Å². The molecular formula is C11H12O2. The molecule has 1 aromatic rings. The van der Waals surface area contributed by atoms with Crippen LogP contribution in [-0.4, -0.2) is 13.9 Å². The SMILES string of the molecule is C#Cc1ccc(COCOC)cc1. The number of terminal acetylenes is 1. The van der Waals surface area contributed by atoms with E-state index in [0.29, 0.717) is 13.4 Å². The number of methoxy groups -OCH3 is 1. The Morgan fingerprint density at radius 3 is 2.54 bits per heavy atom. The van der Waals surface area contributed by atoms with Crippen LogP contribution in [0.5, 0.6) is 0 Å². The Balaban J connectivity index is 2.46. The largest absolute Gasteiger partial charge is 0.359 e. The van der Waals surface area contributed by atoms with Gasteiger partial charge in [-0.3, -0.25) is 0 Å². The topological polar surface area (TPSA) is 18.5 Å². The van der Waals surface area contributed by atoms with Crippen LogP contribution in [0, 0.1) is 12.3 Å². The molecule has 0 saturated carbocycles. The summed E-state index contributed by atoms with van der Waals surface area (Å²) in [5.41, 5.74) is 1.98. The standard InChI is InChI=1S/C11H12O2/c1-3-10-4-6-11(7-5-10)8-13-9-12-2/h1,4-7H,8-9H2,2H3. The maximum atomic E-state index is 5.22.